The lowest BCUT2D eigenvalue weighted by Gasteiger charge is -2.22. The monoisotopic (exact) mass is 266 g/mol. The highest BCUT2D eigenvalue weighted by Crippen LogP contribution is 2.14. The predicted molar refractivity (Wildman–Crippen MR) is 70.9 cm³/mol. The summed E-state index contributed by atoms with van der Waals surface area (Å²) in [6.07, 6.45) is 4.07. The van der Waals surface area contributed by atoms with Crippen molar-refractivity contribution in [2.24, 2.45) is 0 Å². The molecular weight excluding hydrogens is 244 g/mol. The van der Waals surface area contributed by atoms with Crippen molar-refractivity contribution in [2.75, 3.05) is 19.7 Å². The van der Waals surface area contributed by atoms with Crippen LogP contribution >= 0.6 is 0 Å². The molecule has 0 spiro atoms. The molecule has 1 amide bonds. The highest BCUT2D eigenvalue weighted by atomic mass is 16.5. The minimum atomic E-state index is -0.114. The SMILES string of the molecule is CCCc1nc(C(=O)N(CC)CC2CCCO2)n[nH]1. The maximum Gasteiger partial charge on any atom is 0.293 e. The standard InChI is InChI=1S/C13H22N4O2/c1-3-6-11-14-12(16-15-11)13(18)17(4-2)9-10-7-5-8-19-10/h10H,3-9H2,1-2H3,(H,14,15,16). The van der Waals surface area contributed by atoms with Gasteiger partial charge in [-0.1, -0.05) is 6.92 Å². The Morgan fingerprint density at radius 3 is 3.00 bits per heavy atom. The molecule has 1 N–H and O–H groups in total. The van der Waals surface area contributed by atoms with Crippen molar-refractivity contribution >= 4 is 5.91 Å². The van der Waals surface area contributed by atoms with Crippen LogP contribution in [-0.2, 0) is 11.2 Å². The number of aromatic nitrogens is 3. The Balaban J connectivity index is 1.97. The van der Waals surface area contributed by atoms with Gasteiger partial charge >= 0.3 is 0 Å². The molecule has 1 saturated heterocycles. The second-order valence-corrected chi connectivity index (χ2v) is 4.83. The van der Waals surface area contributed by atoms with Gasteiger partial charge in [0.1, 0.15) is 5.82 Å². The fraction of sp³-hybridized carbons (Fsp3) is 0.769. The average Bonchev–Trinajstić information content (AvgIpc) is 3.06. The Morgan fingerprint density at radius 2 is 2.37 bits per heavy atom. The molecular formula is C13H22N4O2. The van der Waals surface area contributed by atoms with E-state index < -0.39 is 0 Å². The smallest absolute Gasteiger partial charge is 0.293 e. The molecule has 0 radical (unpaired) electrons. The molecule has 0 aliphatic carbocycles. The van der Waals surface area contributed by atoms with Gasteiger partial charge in [-0.2, -0.15) is 0 Å². The van der Waals surface area contributed by atoms with Crippen LogP contribution in [0.25, 0.3) is 0 Å². The van der Waals surface area contributed by atoms with Gasteiger partial charge in [-0.3, -0.25) is 9.89 Å². The average molecular weight is 266 g/mol. The highest BCUT2D eigenvalue weighted by molar-refractivity contribution is 5.90. The normalized spacial score (nSPS) is 18.7. The molecule has 1 unspecified atom stereocenters. The molecule has 106 valence electrons. The zero-order valence-corrected chi connectivity index (χ0v) is 11.7. The van der Waals surface area contributed by atoms with Crippen LogP contribution in [0, 0.1) is 0 Å². The van der Waals surface area contributed by atoms with E-state index in [-0.39, 0.29) is 17.8 Å². The summed E-state index contributed by atoms with van der Waals surface area (Å²) in [5.41, 5.74) is 0. The number of aryl methyl sites for hydroxylation is 1. The number of carbonyl (C=O) groups is 1. The van der Waals surface area contributed by atoms with Gasteiger partial charge in [0.2, 0.25) is 5.82 Å². The zero-order valence-electron chi connectivity index (χ0n) is 11.7. The second kappa shape index (κ2) is 6.65. The number of nitrogens with zero attached hydrogens (tertiary/aromatic N) is 3. The van der Waals surface area contributed by atoms with Gasteiger partial charge in [0.25, 0.3) is 5.91 Å². The predicted octanol–water partition coefficient (Wildman–Crippen LogP) is 1.40. The molecule has 6 heteroatoms. The van der Waals surface area contributed by atoms with E-state index >= 15 is 0 Å². The van der Waals surface area contributed by atoms with Crippen molar-refractivity contribution in [2.45, 2.75) is 45.6 Å². The van der Waals surface area contributed by atoms with Crippen molar-refractivity contribution in [1.82, 2.24) is 20.1 Å². The quantitative estimate of drug-likeness (QED) is 0.844. The van der Waals surface area contributed by atoms with Crippen molar-refractivity contribution in [3.05, 3.63) is 11.6 Å². The van der Waals surface area contributed by atoms with E-state index in [0.29, 0.717) is 13.1 Å². The zero-order chi connectivity index (χ0) is 13.7. The molecule has 1 aromatic heterocycles. The van der Waals surface area contributed by atoms with Crippen LogP contribution < -0.4 is 0 Å². The number of likely N-dealkylation sites (N-methyl/N-ethyl adjacent to an activating group) is 1. The van der Waals surface area contributed by atoms with Gasteiger partial charge in [-0.25, -0.2) is 4.98 Å². The van der Waals surface area contributed by atoms with Gasteiger partial charge < -0.3 is 9.64 Å². The molecule has 6 nitrogen and oxygen atoms in total. The van der Waals surface area contributed by atoms with Crippen LogP contribution in [0.15, 0.2) is 0 Å². The topological polar surface area (TPSA) is 71.1 Å². The lowest BCUT2D eigenvalue weighted by atomic mass is 10.2. The third-order valence-corrected chi connectivity index (χ3v) is 3.33. The van der Waals surface area contributed by atoms with E-state index in [1.165, 1.54) is 0 Å². The fourth-order valence-corrected chi connectivity index (χ4v) is 2.27. The number of nitrogens with one attached hydrogen (secondary N) is 1. The van der Waals surface area contributed by atoms with E-state index in [1.807, 2.05) is 6.92 Å². The first-order valence-electron chi connectivity index (χ1n) is 7.06. The summed E-state index contributed by atoms with van der Waals surface area (Å²) in [4.78, 5) is 18.3. The summed E-state index contributed by atoms with van der Waals surface area (Å²) in [7, 11) is 0. The van der Waals surface area contributed by atoms with E-state index in [9.17, 15) is 4.79 Å². The van der Waals surface area contributed by atoms with E-state index in [4.69, 9.17) is 4.74 Å². The lowest BCUT2D eigenvalue weighted by molar-refractivity contribution is 0.0530. The molecule has 0 aromatic carbocycles. The second-order valence-electron chi connectivity index (χ2n) is 4.83. The minimum absolute atomic E-state index is 0.114. The summed E-state index contributed by atoms with van der Waals surface area (Å²) < 4.78 is 5.57. The number of ether oxygens (including phenoxy) is 1. The van der Waals surface area contributed by atoms with Crippen LogP contribution in [-0.4, -0.2) is 51.8 Å². The van der Waals surface area contributed by atoms with Crippen LogP contribution in [0.5, 0.6) is 0 Å². The number of hydrogen-bond donors (Lipinski definition) is 1. The molecule has 1 aromatic rings. The van der Waals surface area contributed by atoms with Gasteiger partial charge in [-0.05, 0) is 26.2 Å². The molecule has 1 aliphatic heterocycles. The number of hydrogen-bond acceptors (Lipinski definition) is 4. The van der Waals surface area contributed by atoms with Gasteiger partial charge in [0, 0.05) is 26.1 Å². The summed E-state index contributed by atoms with van der Waals surface area (Å²) >= 11 is 0. The first-order valence-corrected chi connectivity index (χ1v) is 7.06. The van der Waals surface area contributed by atoms with Gasteiger partial charge in [0.05, 0.1) is 6.10 Å². The van der Waals surface area contributed by atoms with Gasteiger partial charge in [0.15, 0.2) is 0 Å². The molecule has 0 saturated carbocycles. The Hall–Kier alpha value is -1.43. The van der Waals surface area contributed by atoms with E-state index in [1.54, 1.807) is 4.90 Å². The Bertz CT molecular complexity index is 413. The maximum absolute atomic E-state index is 12.3. The van der Waals surface area contributed by atoms with Crippen LogP contribution in [0.4, 0.5) is 0 Å². The third kappa shape index (κ3) is 3.53. The van der Waals surface area contributed by atoms with Crippen LogP contribution in [0.1, 0.15) is 49.6 Å². The van der Waals surface area contributed by atoms with Gasteiger partial charge in [-0.15, -0.1) is 5.10 Å². The van der Waals surface area contributed by atoms with Crippen molar-refractivity contribution < 1.29 is 9.53 Å². The number of rotatable bonds is 6. The summed E-state index contributed by atoms with van der Waals surface area (Å²) in [5.74, 6) is 0.930. The maximum atomic E-state index is 12.3. The fourth-order valence-electron chi connectivity index (χ4n) is 2.27. The number of carbonyl (C=O) groups excluding carboxylic acids is 1. The van der Waals surface area contributed by atoms with Crippen molar-refractivity contribution in [1.29, 1.82) is 0 Å². The summed E-state index contributed by atoms with van der Waals surface area (Å²) in [5, 5.41) is 6.83. The first-order chi connectivity index (χ1) is 9.24. The first kappa shape index (κ1) is 14.0. The third-order valence-electron chi connectivity index (χ3n) is 3.33. The molecule has 1 aliphatic rings. The minimum Gasteiger partial charge on any atom is -0.376 e. The van der Waals surface area contributed by atoms with Crippen LogP contribution in [0.3, 0.4) is 0 Å². The lowest BCUT2D eigenvalue weighted by Crippen LogP contribution is -2.37. The van der Waals surface area contributed by atoms with Crippen LogP contribution in [0.2, 0.25) is 0 Å². The highest BCUT2D eigenvalue weighted by Gasteiger charge is 2.24. The summed E-state index contributed by atoms with van der Waals surface area (Å²) in [6.45, 7) is 6.12. The number of aromatic amines is 1. The molecule has 0 bridgehead atoms. The van der Waals surface area contributed by atoms with Crippen molar-refractivity contribution in [3.8, 4) is 0 Å². The van der Waals surface area contributed by atoms with Crippen molar-refractivity contribution in [3.63, 3.8) is 0 Å². The van der Waals surface area contributed by atoms with E-state index in [2.05, 4.69) is 22.1 Å². The number of amides is 1. The molecule has 1 fully saturated rings. The largest absolute Gasteiger partial charge is 0.376 e. The Labute approximate surface area is 113 Å². The Kier molecular flexibility index (Phi) is 4.90. The summed E-state index contributed by atoms with van der Waals surface area (Å²) in [6, 6.07) is 0. The number of H-pyrrole nitrogens is 1. The van der Waals surface area contributed by atoms with E-state index in [0.717, 1.165) is 38.1 Å². The molecule has 2 heterocycles. The molecule has 19 heavy (non-hydrogen) atoms. The Morgan fingerprint density at radius 1 is 1.53 bits per heavy atom. The molecule has 2 rings (SSSR count). The molecule has 1 atom stereocenters.